The summed E-state index contributed by atoms with van der Waals surface area (Å²) in [7, 11) is 3.39. The van der Waals surface area contributed by atoms with Crippen LogP contribution in [0.5, 0.6) is 11.5 Å². The Balaban J connectivity index is 1.67. The van der Waals surface area contributed by atoms with Gasteiger partial charge in [0.15, 0.2) is 0 Å². The van der Waals surface area contributed by atoms with Crippen LogP contribution in [0.25, 0.3) is 0 Å². The minimum atomic E-state index is -0.114. The first-order chi connectivity index (χ1) is 13.6. The largest absolute Gasteiger partial charge is 0.496 e. The summed E-state index contributed by atoms with van der Waals surface area (Å²) in [6.07, 6.45) is 4.85. The average Bonchev–Trinajstić information content (AvgIpc) is 2.69. The monoisotopic (exact) mass is 382 g/mol. The van der Waals surface area contributed by atoms with Crippen molar-refractivity contribution in [2.45, 2.75) is 51.2 Å². The molecule has 1 fully saturated rings. The van der Waals surface area contributed by atoms with Crippen molar-refractivity contribution >= 4 is 0 Å². The second-order valence-corrected chi connectivity index (χ2v) is 8.19. The van der Waals surface area contributed by atoms with Crippen molar-refractivity contribution in [2.75, 3.05) is 20.8 Å². The van der Waals surface area contributed by atoms with E-state index in [0.29, 0.717) is 5.92 Å². The molecule has 1 aliphatic carbocycles. The van der Waals surface area contributed by atoms with E-state index >= 15 is 0 Å². The lowest BCUT2D eigenvalue weighted by atomic mass is 9.85. The Kier molecular flexibility index (Phi) is 5.61. The van der Waals surface area contributed by atoms with Gasteiger partial charge >= 0.3 is 0 Å². The summed E-state index contributed by atoms with van der Waals surface area (Å²) in [6.45, 7) is 2.28. The maximum absolute atomic E-state index is 9.61. The van der Waals surface area contributed by atoms with Gasteiger partial charge in [0, 0.05) is 18.1 Å². The summed E-state index contributed by atoms with van der Waals surface area (Å²) in [4.78, 5) is 0. The van der Waals surface area contributed by atoms with E-state index in [2.05, 4.69) is 31.2 Å². The number of ether oxygens (including phenoxy) is 3. The van der Waals surface area contributed by atoms with Crippen molar-refractivity contribution in [1.82, 2.24) is 0 Å². The standard InChI is InChI=1S/C24H30O4/c1-15-8-20(14-25)28-24(9-15)21-12-19(22(26-2)13-23(21)27-3)11-16-4-5-17-6-7-18(17)10-16/h4-5,10,12-13,15,20,24-25H,6-9,11,14H2,1-3H3. The molecule has 150 valence electrons. The highest BCUT2D eigenvalue weighted by Gasteiger charge is 2.30. The normalized spacial score (nSPS) is 23.6. The van der Waals surface area contributed by atoms with Gasteiger partial charge in [-0.25, -0.2) is 0 Å². The Labute approximate surface area is 167 Å². The molecule has 1 heterocycles. The number of aryl methyl sites for hydroxylation is 2. The Morgan fingerprint density at radius 2 is 1.79 bits per heavy atom. The van der Waals surface area contributed by atoms with E-state index in [1.54, 1.807) is 14.2 Å². The molecule has 0 bridgehead atoms. The first kappa shape index (κ1) is 19.3. The van der Waals surface area contributed by atoms with Gasteiger partial charge < -0.3 is 19.3 Å². The Hall–Kier alpha value is -2.04. The molecule has 0 spiro atoms. The SMILES string of the molecule is COc1cc(OC)c(C2CC(C)CC(CO)O2)cc1Cc1ccc2c(c1)CC2. The maximum atomic E-state index is 9.61. The minimum Gasteiger partial charge on any atom is -0.496 e. The number of benzene rings is 2. The molecule has 3 atom stereocenters. The van der Waals surface area contributed by atoms with E-state index in [-0.39, 0.29) is 18.8 Å². The van der Waals surface area contributed by atoms with Gasteiger partial charge in [0.25, 0.3) is 0 Å². The van der Waals surface area contributed by atoms with Gasteiger partial charge in [0.05, 0.1) is 33.0 Å². The zero-order valence-electron chi connectivity index (χ0n) is 17.0. The molecule has 28 heavy (non-hydrogen) atoms. The smallest absolute Gasteiger partial charge is 0.128 e. The van der Waals surface area contributed by atoms with Crippen LogP contribution in [-0.4, -0.2) is 32.0 Å². The van der Waals surface area contributed by atoms with Crippen molar-refractivity contribution < 1.29 is 19.3 Å². The van der Waals surface area contributed by atoms with E-state index in [4.69, 9.17) is 14.2 Å². The fraction of sp³-hybridized carbons (Fsp3) is 0.500. The topological polar surface area (TPSA) is 47.9 Å². The zero-order valence-corrected chi connectivity index (χ0v) is 17.0. The summed E-state index contributed by atoms with van der Waals surface area (Å²) >= 11 is 0. The number of methoxy groups -OCH3 is 2. The molecule has 2 aromatic rings. The van der Waals surface area contributed by atoms with E-state index < -0.39 is 0 Å². The van der Waals surface area contributed by atoms with Crippen molar-refractivity contribution in [3.8, 4) is 11.5 Å². The second-order valence-electron chi connectivity index (χ2n) is 8.19. The average molecular weight is 383 g/mol. The lowest BCUT2D eigenvalue weighted by Gasteiger charge is -2.34. The van der Waals surface area contributed by atoms with Crippen LogP contribution in [-0.2, 0) is 24.0 Å². The molecular formula is C24H30O4. The van der Waals surface area contributed by atoms with Gasteiger partial charge in [-0.3, -0.25) is 0 Å². The van der Waals surface area contributed by atoms with Gasteiger partial charge in [-0.1, -0.05) is 25.1 Å². The van der Waals surface area contributed by atoms with Crippen LogP contribution in [0.1, 0.15) is 53.7 Å². The third-order valence-corrected chi connectivity index (χ3v) is 6.15. The molecule has 4 heteroatoms. The molecule has 0 saturated carbocycles. The Bertz CT molecular complexity index is 845. The second kappa shape index (κ2) is 8.14. The molecule has 4 rings (SSSR count). The van der Waals surface area contributed by atoms with Gasteiger partial charge in [0.2, 0.25) is 0 Å². The van der Waals surface area contributed by atoms with Crippen LogP contribution in [0.3, 0.4) is 0 Å². The Morgan fingerprint density at radius 3 is 2.43 bits per heavy atom. The van der Waals surface area contributed by atoms with Gasteiger partial charge in [-0.15, -0.1) is 0 Å². The summed E-state index contributed by atoms with van der Waals surface area (Å²) in [5.74, 6) is 2.12. The number of rotatable bonds is 6. The number of fused-ring (bicyclic) bond motifs is 1. The highest BCUT2D eigenvalue weighted by Crippen LogP contribution is 2.41. The van der Waals surface area contributed by atoms with Crippen LogP contribution in [0.15, 0.2) is 30.3 Å². The number of hydrogen-bond acceptors (Lipinski definition) is 4. The maximum Gasteiger partial charge on any atom is 0.128 e. The molecule has 2 aliphatic rings. The van der Waals surface area contributed by atoms with Gasteiger partial charge in [0.1, 0.15) is 11.5 Å². The first-order valence-corrected chi connectivity index (χ1v) is 10.2. The first-order valence-electron chi connectivity index (χ1n) is 10.2. The number of hydrogen-bond donors (Lipinski definition) is 1. The van der Waals surface area contributed by atoms with Crippen molar-refractivity contribution in [3.63, 3.8) is 0 Å². The highest BCUT2D eigenvalue weighted by molar-refractivity contribution is 5.50. The molecular weight excluding hydrogens is 352 g/mol. The van der Waals surface area contributed by atoms with Crippen molar-refractivity contribution in [2.24, 2.45) is 5.92 Å². The number of aliphatic hydroxyl groups is 1. The predicted molar refractivity (Wildman–Crippen MR) is 109 cm³/mol. The lowest BCUT2D eigenvalue weighted by molar-refractivity contribution is -0.0906. The third kappa shape index (κ3) is 3.76. The Morgan fingerprint density at radius 1 is 1.00 bits per heavy atom. The molecule has 3 unspecified atom stereocenters. The van der Waals surface area contributed by atoms with Crippen molar-refractivity contribution in [3.05, 3.63) is 58.1 Å². The van der Waals surface area contributed by atoms with E-state index in [1.165, 1.54) is 29.5 Å². The van der Waals surface area contributed by atoms with Crippen LogP contribution < -0.4 is 9.47 Å². The number of aliphatic hydroxyl groups excluding tert-OH is 1. The van der Waals surface area contributed by atoms with Crippen LogP contribution in [0, 0.1) is 5.92 Å². The summed E-state index contributed by atoms with van der Waals surface area (Å²) in [5.41, 5.74) is 6.44. The van der Waals surface area contributed by atoms with E-state index in [1.807, 2.05) is 6.07 Å². The third-order valence-electron chi connectivity index (χ3n) is 6.15. The summed E-state index contributed by atoms with van der Waals surface area (Å²) in [6, 6.07) is 10.9. The predicted octanol–water partition coefficient (Wildman–Crippen LogP) is 4.24. The van der Waals surface area contributed by atoms with Crippen LogP contribution >= 0.6 is 0 Å². The fourth-order valence-corrected chi connectivity index (χ4v) is 4.53. The molecule has 4 nitrogen and oxygen atoms in total. The molecule has 0 radical (unpaired) electrons. The highest BCUT2D eigenvalue weighted by atomic mass is 16.5. The van der Waals surface area contributed by atoms with Gasteiger partial charge in [-0.2, -0.15) is 0 Å². The van der Waals surface area contributed by atoms with Crippen LogP contribution in [0.2, 0.25) is 0 Å². The summed E-state index contributed by atoms with van der Waals surface area (Å²) < 4.78 is 17.5. The van der Waals surface area contributed by atoms with Gasteiger partial charge in [-0.05, 0) is 59.9 Å². The quantitative estimate of drug-likeness (QED) is 0.812. The minimum absolute atomic E-state index is 0.0568. The lowest BCUT2D eigenvalue weighted by Crippen LogP contribution is -2.30. The molecule has 1 aliphatic heterocycles. The van der Waals surface area contributed by atoms with E-state index in [0.717, 1.165) is 41.9 Å². The fourth-order valence-electron chi connectivity index (χ4n) is 4.53. The molecule has 0 aromatic heterocycles. The summed E-state index contributed by atoms with van der Waals surface area (Å²) in [5, 5.41) is 9.61. The molecule has 1 N–H and O–H groups in total. The van der Waals surface area contributed by atoms with Crippen LogP contribution in [0.4, 0.5) is 0 Å². The van der Waals surface area contributed by atoms with E-state index in [9.17, 15) is 5.11 Å². The molecule has 1 saturated heterocycles. The zero-order chi connectivity index (χ0) is 19.7. The molecule has 0 amide bonds. The van der Waals surface area contributed by atoms with Crippen molar-refractivity contribution in [1.29, 1.82) is 0 Å². The molecule has 2 aromatic carbocycles.